The molecule has 1 fully saturated rings. The average Bonchev–Trinajstić information content (AvgIpc) is 2.40. The van der Waals surface area contributed by atoms with Crippen LogP contribution in [0, 0.1) is 0 Å². The molecule has 0 aliphatic carbocycles. The van der Waals surface area contributed by atoms with Crippen molar-refractivity contribution < 1.29 is 9.47 Å². The van der Waals surface area contributed by atoms with E-state index < -0.39 is 0 Å². The van der Waals surface area contributed by atoms with E-state index in [2.05, 4.69) is 22.0 Å². The first-order chi connectivity index (χ1) is 8.70. The lowest BCUT2D eigenvalue weighted by molar-refractivity contribution is 0.0570. The number of halogens is 1. The van der Waals surface area contributed by atoms with Gasteiger partial charge in [-0.3, -0.25) is 0 Å². The number of hydrogen-bond donors (Lipinski definition) is 1. The van der Waals surface area contributed by atoms with Gasteiger partial charge < -0.3 is 15.2 Å². The van der Waals surface area contributed by atoms with Crippen LogP contribution in [0.25, 0.3) is 0 Å². The minimum absolute atomic E-state index is 0.0148. The van der Waals surface area contributed by atoms with Crippen LogP contribution in [0.15, 0.2) is 22.7 Å². The quantitative estimate of drug-likeness (QED) is 0.920. The topological polar surface area (TPSA) is 44.5 Å². The van der Waals surface area contributed by atoms with E-state index in [1.807, 2.05) is 23.9 Å². The Bertz CT molecular complexity index is 397. The Hall–Kier alpha value is -0.230. The number of hydrogen-bond acceptors (Lipinski definition) is 4. The highest BCUT2D eigenvalue weighted by Gasteiger charge is 2.23. The Morgan fingerprint density at radius 1 is 1.61 bits per heavy atom. The molecule has 1 heterocycles. The summed E-state index contributed by atoms with van der Waals surface area (Å²) in [5.74, 6) is 2.94. The number of benzene rings is 1. The van der Waals surface area contributed by atoms with Gasteiger partial charge >= 0.3 is 0 Å². The van der Waals surface area contributed by atoms with Gasteiger partial charge in [0.05, 0.1) is 19.8 Å². The zero-order chi connectivity index (χ0) is 13.0. The third-order valence-corrected chi connectivity index (χ3v) is 4.53. The third-order valence-electron chi connectivity index (χ3n) is 3.02. The molecule has 1 aromatic rings. The molecule has 1 aliphatic heterocycles. The smallest absolute Gasteiger partial charge is 0.122 e. The van der Waals surface area contributed by atoms with Crippen molar-refractivity contribution in [3.63, 3.8) is 0 Å². The lowest BCUT2D eigenvalue weighted by atomic mass is 10.0. The molecule has 5 heteroatoms. The zero-order valence-electron chi connectivity index (χ0n) is 10.4. The van der Waals surface area contributed by atoms with Gasteiger partial charge in [0.25, 0.3) is 0 Å². The first kappa shape index (κ1) is 14.2. The van der Waals surface area contributed by atoms with E-state index >= 15 is 0 Å². The van der Waals surface area contributed by atoms with Crippen molar-refractivity contribution in [3.8, 4) is 5.75 Å². The van der Waals surface area contributed by atoms with E-state index in [4.69, 9.17) is 15.2 Å². The fourth-order valence-corrected chi connectivity index (χ4v) is 3.41. The van der Waals surface area contributed by atoms with Gasteiger partial charge in [0.1, 0.15) is 5.75 Å². The summed E-state index contributed by atoms with van der Waals surface area (Å²) in [6.07, 6.45) is 0.917. The molecule has 1 aliphatic rings. The molecule has 0 bridgehead atoms. The highest BCUT2D eigenvalue weighted by atomic mass is 79.9. The second kappa shape index (κ2) is 6.80. The van der Waals surface area contributed by atoms with Gasteiger partial charge in [0.2, 0.25) is 0 Å². The maximum atomic E-state index is 6.24. The Morgan fingerprint density at radius 2 is 2.44 bits per heavy atom. The van der Waals surface area contributed by atoms with E-state index in [9.17, 15) is 0 Å². The third kappa shape index (κ3) is 3.63. The fourth-order valence-electron chi connectivity index (χ4n) is 2.05. The largest absolute Gasteiger partial charge is 0.496 e. The molecule has 0 aromatic heterocycles. The molecule has 2 atom stereocenters. The molecule has 2 unspecified atom stereocenters. The normalized spacial score (nSPS) is 21.6. The molecule has 1 aromatic carbocycles. The minimum atomic E-state index is 0.0148. The lowest BCUT2D eigenvalue weighted by Crippen LogP contribution is -2.42. The lowest BCUT2D eigenvalue weighted by Gasteiger charge is -2.28. The van der Waals surface area contributed by atoms with Crippen molar-refractivity contribution >= 4 is 27.7 Å². The molecule has 0 radical (unpaired) electrons. The van der Waals surface area contributed by atoms with Crippen LogP contribution in [-0.4, -0.2) is 37.4 Å². The summed E-state index contributed by atoms with van der Waals surface area (Å²) in [6.45, 7) is 0.804. The van der Waals surface area contributed by atoms with Crippen LogP contribution in [0.3, 0.4) is 0 Å². The van der Waals surface area contributed by atoms with Gasteiger partial charge in [-0.05, 0) is 30.2 Å². The van der Waals surface area contributed by atoms with E-state index in [1.165, 1.54) is 0 Å². The highest BCUT2D eigenvalue weighted by Crippen LogP contribution is 2.25. The van der Waals surface area contributed by atoms with Crippen LogP contribution >= 0.6 is 27.7 Å². The fraction of sp³-hybridized carbons (Fsp3) is 0.538. The molecule has 100 valence electrons. The molecule has 0 amide bonds. The van der Waals surface area contributed by atoms with Gasteiger partial charge in [-0.1, -0.05) is 15.9 Å². The van der Waals surface area contributed by atoms with Crippen LogP contribution in [0.5, 0.6) is 5.75 Å². The Morgan fingerprint density at radius 3 is 3.11 bits per heavy atom. The monoisotopic (exact) mass is 331 g/mol. The van der Waals surface area contributed by atoms with Gasteiger partial charge in [0.15, 0.2) is 0 Å². The van der Waals surface area contributed by atoms with Crippen LogP contribution in [0.1, 0.15) is 5.56 Å². The highest BCUT2D eigenvalue weighted by molar-refractivity contribution is 9.10. The molecular weight excluding hydrogens is 314 g/mol. The van der Waals surface area contributed by atoms with Crippen molar-refractivity contribution in [2.75, 3.05) is 25.2 Å². The average molecular weight is 332 g/mol. The van der Waals surface area contributed by atoms with E-state index in [0.717, 1.165) is 40.3 Å². The number of nitrogens with two attached hydrogens (primary N) is 1. The minimum Gasteiger partial charge on any atom is -0.496 e. The second-order valence-corrected chi connectivity index (χ2v) is 6.37. The summed E-state index contributed by atoms with van der Waals surface area (Å²) in [5, 5.41) is 0. The van der Waals surface area contributed by atoms with Crippen LogP contribution in [0.2, 0.25) is 0 Å². The first-order valence-electron chi connectivity index (χ1n) is 5.98. The van der Waals surface area contributed by atoms with Gasteiger partial charge in [-0.15, -0.1) is 0 Å². The van der Waals surface area contributed by atoms with E-state index in [-0.39, 0.29) is 12.1 Å². The van der Waals surface area contributed by atoms with Crippen molar-refractivity contribution in [1.29, 1.82) is 0 Å². The summed E-state index contributed by atoms with van der Waals surface area (Å²) >= 11 is 5.39. The molecule has 0 saturated carbocycles. The van der Waals surface area contributed by atoms with Gasteiger partial charge in [0, 0.05) is 22.0 Å². The Labute approximate surface area is 121 Å². The summed E-state index contributed by atoms with van der Waals surface area (Å²) < 4.78 is 12.1. The molecular formula is C13H18BrNO2S. The van der Waals surface area contributed by atoms with E-state index in [1.54, 1.807) is 7.11 Å². The summed E-state index contributed by atoms with van der Waals surface area (Å²) in [5.41, 5.74) is 7.37. The van der Waals surface area contributed by atoms with Crippen LogP contribution in [0.4, 0.5) is 0 Å². The molecule has 2 N–H and O–H groups in total. The number of thioether (sulfide) groups is 1. The molecule has 3 nitrogen and oxygen atoms in total. The molecule has 1 saturated heterocycles. The number of ether oxygens (including phenoxy) is 2. The van der Waals surface area contributed by atoms with Crippen LogP contribution in [-0.2, 0) is 11.2 Å². The van der Waals surface area contributed by atoms with Crippen LogP contribution < -0.4 is 10.5 Å². The van der Waals surface area contributed by atoms with Crippen molar-refractivity contribution in [3.05, 3.63) is 28.2 Å². The number of rotatable bonds is 4. The van der Waals surface area contributed by atoms with Gasteiger partial charge in [-0.2, -0.15) is 11.8 Å². The predicted molar refractivity (Wildman–Crippen MR) is 79.4 cm³/mol. The zero-order valence-corrected chi connectivity index (χ0v) is 12.8. The standard InChI is InChI=1S/C13H18BrNO2S/c1-16-12-3-2-10(14)6-9(12)7-11(15)13-8-18-5-4-17-13/h2-3,6,11,13H,4-5,7-8,15H2,1H3. The SMILES string of the molecule is COc1ccc(Br)cc1CC(N)C1CSCCO1. The number of methoxy groups -OCH3 is 1. The maximum Gasteiger partial charge on any atom is 0.122 e. The maximum absolute atomic E-state index is 6.24. The molecule has 0 spiro atoms. The Balaban J connectivity index is 2.05. The van der Waals surface area contributed by atoms with Crippen molar-refractivity contribution in [1.82, 2.24) is 0 Å². The van der Waals surface area contributed by atoms with Crippen molar-refractivity contribution in [2.45, 2.75) is 18.6 Å². The van der Waals surface area contributed by atoms with Gasteiger partial charge in [-0.25, -0.2) is 0 Å². The summed E-state index contributed by atoms with van der Waals surface area (Å²) in [7, 11) is 1.69. The first-order valence-corrected chi connectivity index (χ1v) is 7.93. The van der Waals surface area contributed by atoms with Crippen molar-refractivity contribution in [2.24, 2.45) is 5.73 Å². The molecule has 2 rings (SSSR count). The summed E-state index contributed by atoms with van der Waals surface area (Å²) in [6, 6.07) is 6.01. The Kier molecular flexibility index (Phi) is 5.36. The second-order valence-electron chi connectivity index (χ2n) is 4.31. The predicted octanol–water partition coefficient (Wildman–Crippen LogP) is 2.46. The van der Waals surface area contributed by atoms with E-state index in [0.29, 0.717) is 0 Å². The molecule has 18 heavy (non-hydrogen) atoms. The summed E-state index contributed by atoms with van der Waals surface area (Å²) in [4.78, 5) is 0.